The molecule has 1 aromatic heterocycles. The van der Waals surface area contributed by atoms with Crippen LogP contribution < -0.4 is 16.1 Å². The fourth-order valence-corrected chi connectivity index (χ4v) is 3.95. The van der Waals surface area contributed by atoms with Crippen LogP contribution in [0.2, 0.25) is 0 Å². The number of fused-ring (bicyclic) bond motifs is 1. The largest absolute Gasteiger partial charge is 0.494 e. The number of carbonyl (C=O) groups is 1. The molecule has 0 radical (unpaired) electrons. The first-order chi connectivity index (χ1) is 15.5. The van der Waals surface area contributed by atoms with Crippen molar-refractivity contribution in [2.24, 2.45) is 14.1 Å². The quantitative estimate of drug-likeness (QED) is 0.314. The molecule has 8 nitrogen and oxygen atoms in total. The summed E-state index contributed by atoms with van der Waals surface area (Å²) in [5.74, 6) is -0.836. The smallest absolute Gasteiger partial charge is 0.333 e. The molecule has 1 aromatic carbocycles. The Hall–Kier alpha value is -3.77. The van der Waals surface area contributed by atoms with Gasteiger partial charge in [-0.1, -0.05) is 30.5 Å². The molecule has 0 saturated heterocycles. The number of hydrogen-bond donors (Lipinski definition) is 1. The Morgan fingerprint density at radius 3 is 2.55 bits per heavy atom. The van der Waals surface area contributed by atoms with Gasteiger partial charge in [0, 0.05) is 43.4 Å². The van der Waals surface area contributed by atoms with Gasteiger partial charge in [-0.05, 0) is 38.8 Å². The predicted molar refractivity (Wildman–Crippen MR) is 127 cm³/mol. The SMILES string of the molecule is C=C(C)C(=O)OCCCN1C(=C=Cc2c(O)n(C)c(=O)n(C)c2=O)C(C)(C)c2ccccc21. The molecule has 0 bridgehead atoms. The number of hydrogen-bond acceptors (Lipinski definition) is 6. The second kappa shape index (κ2) is 9.00. The Morgan fingerprint density at radius 2 is 1.88 bits per heavy atom. The fourth-order valence-electron chi connectivity index (χ4n) is 3.95. The molecular formula is C25H29N3O5. The summed E-state index contributed by atoms with van der Waals surface area (Å²) in [4.78, 5) is 38.4. The van der Waals surface area contributed by atoms with Gasteiger partial charge in [-0.25, -0.2) is 9.59 Å². The third-order valence-corrected chi connectivity index (χ3v) is 5.86. The Bertz CT molecular complexity index is 1310. The number of anilines is 1. The van der Waals surface area contributed by atoms with Crippen LogP contribution in [0, 0.1) is 0 Å². The minimum Gasteiger partial charge on any atom is -0.494 e. The molecule has 0 fully saturated rings. The van der Waals surface area contributed by atoms with E-state index in [9.17, 15) is 19.5 Å². The molecule has 0 aliphatic carbocycles. The lowest BCUT2D eigenvalue weighted by atomic mass is 9.84. The minimum absolute atomic E-state index is 0.0193. The van der Waals surface area contributed by atoms with Crippen molar-refractivity contribution in [3.63, 3.8) is 0 Å². The molecule has 0 unspecified atom stereocenters. The van der Waals surface area contributed by atoms with Gasteiger partial charge in [-0.15, -0.1) is 0 Å². The Labute approximate surface area is 192 Å². The standard InChI is InChI=1S/C25H29N3O5/c1-16(2)23(31)33-15-9-14-28-19-11-8-7-10-18(19)25(3,4)20(28)13-12-17-21(29)26(5)24(32)27(6)22(17)30/h7-8,10-12,29H,1,9,14-15H2,2-6H3. The van der Waals surface area contributed by atoms with Gasteiger partial charge in [0.1, 0.15) is 5.56 Å². The van der Waals surface area contributed by atoms with Crippen LogP contribution in [0.5, 0.6) is 5.88 Å². The second-order valence-corrected chi connectivity index (χ2v) is 8.64. The fraction of sp³-hybridized carbons (Fsp3) is 0.360. The summed E-state index contributed by atoms with van der Waals surface area (Å²) in [5.41, 5.74) is 4.80. The number of carbonyl (C=O) groups excluding carboxylic acids is 1. The molecule has 2 heterocycles. The molecule has 1 N–H and O–H groups in total. The molecule has 0 saturated carbocycles. The number of allylic oxidation sites excluding steroid dienone is 1. The number of aromatic hydroxyl groups is 1. The number of esters is 1. The molecule has 1 aliphatic heterocycles. The molecule has 0 atom stereocenters. The minimum atomic E-state index is -0.609. The van der Waals surface area contributed by atoms with Gasteiger partial charge in [0.15, 0.2) is 0 Å². The lowest BCUT2D eigenvalue weighted by molar-refractivity contribution is -0.138. The zero-order valence-corrected chi connectivity index (χ0v) is 19.6. The van der Waals surface area contributed by atoms with Gasteiger partial charge in [-0.3, -0.25) is 13.9 Å². The molecule has 0 spiro atoms. The zero-order chi connectivity index (χ0) is 24.5. The molecular weight excluding hydrogens is 422 g/mol. The normalized spacial score (nSPS) is 14.0. The van der Waals surface area contributed by atoms with Gasteiger partial charge in [0.25, 0.3) is 5.56 Å². The van der Waals surface area contributed by atoms with Crippen LogP contribution >= 0.6 is 0 Å². The predicted octanol–water partition coefficient (Wildman–Crippen LogP) is 2.59. The first-order valence-electron chi connectivity index (χ1n) is 10.6. The summed E-state index contributed by atoms with van der Waals surface area (Å²) in [6, 6.07) is 7.97. The highest BCUT2D eigenvalue weighted by Gasteiger charge is 2.39. The van der Waals surface area contributed by atoms with Gasteiger partial charge in [0.05, 0.1) is 12.3 Å². The van der Waals surface area contributed by atoms with Gasteiger partial charge in [0.2, 0.25) is 5.88 Å². The summed E-state index contributed by atoms with van der Waals surface area (Å²) < 4.78 is 7.18. The van der Waals surface area contributed by atoms with Crippen molar-refractivity contribution in [2.45, 2.75) is 32.6 Å². The molecule has 33 heavy (non-hydrogen) atoms. The summed E-state index contributed by atoms with van der Waals surface area (Å²) >= 11 is 0. The summed E-state index contributed by atoms with van der Waals surface area (Å²) in [7, 11) is 2.76. The van der Waals surface area contributed by atoms with Crippen molar-refractivity contribution in [1.82, 2.24) is 9.13 Å². The number of nitrogens with zero attached hydrogens (tertiary/aromatic N) is 3. The second-order valence-electron chi connectivity index (χ2n) is 8.64. The molecule has 8 heteroatoms. The lowest BCUT2D eigenvalue weighted by Crippen LogP contribution is -2.37. The van der Waals surface area contributed by atoms with Gasteiger partial charge >= 0.3 is 11.7 Å². The van der Waals surface area contributed by atoms with Crippen molar-refractivity contribution >= 4 is 17.7 Å². The van der Waals surface area contributed by atoms with E-state index in [2.05, 4.69) is 31.1 Å². The monoisotopic (exact) mass is 451 g/mol. The van der Waals surface area contributed by atoms with Crippen LogP contribution in [-0.4, -0.2) is 33.4 Å². The molecule has 1 aliphatic rings. The number of rotatable bonds is 6. The number of ether oxygens (including phenoxy) is 1. The third-order valence-electron chi connectivity index (χ3n) is 5.86. The van der Waals surface area contributed by atoms with Crippen LogP contribution in [-0.2, 0) is 29.0 Å². The first-order valence-corrected chi connectivity index (χ1v) is 10.6. The maximum absolute atomic E-state index is 12.6. The van der Waals surface area contributed by atoms with Crippen molar-refractivity contribution in [3.05, 3.63) is 79.8 Å². The Kier molecular flexibility index (Phi) is 6.51. The molecule has 0 amide bonds. The summed E-state index contributed by atoms with van der Waals surface area (Å²) in [6.07, 6.45) is 2.00. The van der Waals surface area contributed by atoms with Gasteiger partial charge < -0.3 is 14.7 Å². The van der Waals surface area contributed by atoms with Crippen molar-refractivity contribution < 1.29 is 14.6 Å². The maximum atomic E-state index is 12.6. The first kappa shape index (κ1) is 23.9. The average molecular weight is 452 g/mol. The highest BCUT2D eigenvalue weighted by atomic mass is 16.5. The van der Waals surface area contributed by atoms with Crippen LogP contribution in [0.1, 0.15) is 38.3 Å². The molecule has 2 aromatic rings. The lowest BCUT2D eigenvalue weighted by Gasteiger charge is -2.25. The van der Waals surface area contributed by atoms with E-state index in [0.717, 1.165) is 26.1 Å². The van der Waals surface area contributed by atoms with E-state index in [4.69, 9.17) is 4.74 Å². The highest BCUT2D eigenvalue weighted by Crippen LogP contribution is 2.47. The molecule has 174 valence electrons. The van der Waals surface area contributed by atoms with Gasteiger partial charge in [-0.2, -0.15) is 0 Å². The van der Waals surface area contributed by atoms with E-state index in [1.807, 2.05) is 24.3 Å². The van der Waals surface area contributed by atoms with Crippen molar-refractivity contribution in [3.8, 4) is 5.88 Å². The van der Waals surface area contributed by atoms with E-state index in [1.54, 1.807) is 6.92 Å². The Morgan fingerprint density at radius 1 is 1.21 bits per heavy atom. The Balaban J connectivity index is 2.04. The summed E-state index contributed by atoms with van der Waals surface area (Å²) in [5, 5.41) is 10.4. The third kappa shape index (κ3) is 4.30. The van der Waals surface area contributed by atoms with Crippen LogP contribution in [0.15, 0.2) is 57.4 Å². The number of benzene rings is 1. The van der Waals surface area contributed by atoms with Crippen molar-refractivity contribution in [1.29, 1.82) is 0 Å². The summed E-state index contributed by atoms with van der Waals surface area (Å²) in [6.45, 7) is 10.1. The van der Waals surface area contributed by atoms with Crippen LogP contribution in [0.4, 0.5) is 5.69 Å². The van der Waals surface area contributed by atoms with E-state index in [0.29, 0.717) is 18.5 Å². The maximum Gasteiger partial charge on any atom is 0.333 e. The van der Waals surface area contributed by atoms with Crippen LogP contribution in [0.25, 0.3) is 6.08 Å². The van der Waals surface area contributed by atoms with Crippen molar-refractivity contribution in [2.75, 3.05) is 18.1 Å². The zero-order valence-electron chi connectivity index (χ0n) is 19.6. The number of aromatic nitrogens is 2. The van der Waals surface area contributed by atoms with E-state index >= 15 is 0 Å². The average Bonchev–Trinajstić information content (AvgIpc) is 3.00. The molecule has 3 rings (SSSR count). The highest BCUT2D eigenvalue weighted by molar-refractivity contribution is 5.86. The van der Waals surface area contributed by atoms with E-state index in [1.165, 1.54) is 20.2 Å². The van der Waals surface area contributed by atoms with E-state index in [-0.39, 0.29) is 12.2 Å². The van der Waals surface area contributed by atoms with Crippen LogP contribution in [0.3, 0.4) is 0 Å². The number of para-hydroxylation sites is 1. The van der Waals surface area contributed by atoms with E-state index < -0.39 is 28.5 Å². The topological polar surface area (TPSA) is 93.8 Å².